The Morgan fingerprint density at radius 1 is 1.07 bits per heavy atom. The van der Waals surface area contributed by atoms with Gasteiger partial charge in [-0.1, -0.05) is 37.2 Å². The van der Waals surface area contributed by atoms with E-state index in [4.69, 9.17) is 18.9 Å². The predicted molar refractivity (Wildman–Crippen MR) is 170 cm³/mol. The quantitative estimate of drug-likeness (QED) is 0.0777. The van der Waals surface area contributed by atoms with Gasteiger partial charge in [0.1, 0.15) is 22.5 Å². The van der Waals surface area contributed by atoms with E-state index in [0.717, 1.165) is 41.9 Å². The van der Waals surface area contributed by atoms with Crippen molar-refractivity contribution < 1.29 is 38.4 Å². The van der Waals surface area contributed by atoms with Crippen molar-refractivity contribution in [2.24, 2.45) is 0 Å². The molecule has 0 radical (unpaired) electrons. The minimum absolute atomic E-state index is 0.00981. The molecule has 238 valence electrons. The van der Waals surface area contributed by atoms with Crippen LogP contribution in [0, 0.1) is 6.92 Å². The highest BCUT2D eigenvalue weighted by molar-refractivity contribution is 7.17. The summed E-state index contributed by atoms with van der Waals surface area (Å²) in [4.78, 5) is 46.1. The number of hydrogen-bond donors (Lipinski definition) is 1. The smallest absolute Gasteiger partial charge is 0.350 e. The third-order valence-electron chi connectivity index (χ3n) is 7.65. The molecule has 45 heavy (non-hydrogen) atoms. The standard InChI is InChI=1S/C34H38N2O8S/c1-6-9-10-15-43-25-14-11-21(18-26(25)41-7-2)28-27(29(37)22-12-13-24-23(17-22)16-19(4)44-24)30(38)32(39)36(28)34-35-20(5)31(45-34)33(40)42-8-3/h11-14,17-19,28,37H,6-10,15-16H2,1-5H3/t19-,28+/m1/s1. The SMILES string of the molecule is CCCCCOc1ccc([C@H]2C(=C(O)c3ccc4c(c3)C[C@@H](C)O4)C(=O)C(=O)N2c2nc(C)c(C(=O)OCC)s2)cc1OCC. The van der Waals surface area contributed by atoms with Crippen molar-refractivity contribution >= 4 is 39.9 Å². The second kappa shape index (κ2) is 13.7. The summed E-state index contributed by atoms with van der Waals surface area (Å²) in [7, 11) is 0. The largest absolute Gasteiger partial charge is 0.507 e. The highest BCUT2D eigenvalue weighted by Crippen LogP contribution is 2.46. The number of thiazole rings is 1. The number of aliphatic hydroxyl groups excluding tert-OH is 1. The number of ether oxygens (including phenoxy) is 4. The van der Waals surface area contributed by atoms with Gasteiger partial charge < -0.3 is 24.1 Å². The number of ketones is 1. The number of benzene rings is 2. The van der Waals surface area contributed by atoms with Crippen molar-refractivity contribution in [2.45, 2.75) is 72.4 Å². The second-order valence-electron chi connectivity index (χ2n) is 11.0. The maximum atomic E-state index is 13.8. The Labute approximate surface area is 266 Å². The van der Waals surface area contributed by atoms with Gasteiger partial charge in [0.25, 0.3) is 5.78 Å². The monoisotopic (exact) mass is 634 g/mol. The molecule has 2 aromatic carbocycles. The van der Waals surface area contributed by atoms with Gasteiger partial charge in [-0.2, -0.15) is 0 Å². The predicted octanol–water partition coefficient (Wildman–Crippen LogP) is 6.55. The number of hydrogen-bond acceptors (Lipinski definition) is 10. The summed E-state index contributed by atoms with van der Waals surface area (Å²) in [6.45, 7) is 10.3. The zero-order valence-corrected chi connectivity index (χ0v) is 27.0. The maximum absolute atomic E-state index is 13.8. The van der Waals surface area contributed by atoms with Gasteiger partial charge in [0, 0.05) is 12.0 Å². The molecule has 2 aliphatic heterocycles. The van der Waals surface area contributed by atoms with E-state index in [1.54, 1.807) is 50.2 Å². The van der Waals surface area contributed by atoms with E-state index in [1.807, 2.05) is 13.8 Å². The number of carbonyl (C=O) groups is 3. The molecule has 5 rings (SSSR count). The number of aromatic nitrogens is 1. The molecule has 10 nitrogen and oxygen atoms in total. The molecule has 11 heteroatoms. The Morgan fingerprint density at radius 2 is 1.87 bits per heavy atom. The van der Waals surface area contributed by atoms with Crippen molar-refractivity contribution in [1.82, 2.24) is 4.98 Å². The zero-order chi connectivity index (χ0) is 32.2. The van der Waals surface area contributed by atoms with E-state index in [1.165, 1.54) is 4.90 Å². The fourth-order valence-electron chi connectivity index (χ4n) is 5.56. The molecule has 1 N–H and O–H groups in total. The summed E-state index contributed by atoms with van der Waals surface area (Å²) >= 11 is 0.959. The summed E-state index contributed by atoms with van der Waals surface area (Å²) in [6, 6.07) is 9.36. The van der Waals surface area contributed by atoms with Crippen LogP contribution in [-0.4, -0.2) is 53.7 Å². The van der Waals surface area contributed by atoms with Gasteiger partial charge in [-0.25, -0.2) is 9.78 Å². The van der Waals surface area contributed by atoms with Gasteiger partial charge in [0.2, 0.25) is 0 Å². The Morgan fingerprint density at radius 3 is 2.60 bits per heavy atom. The first-order valence-corrected chi connectivity index (χ1v) is 16.1. The topological polar surface area (TPSA) is 124 Å². The number of aryl methyl sites for hydroxylation is 1. The van der Waals surface area contributed by atoms with Crippen molar-refractivity contribution in [3.63, 3.8) is 0 Å². The molecule has 1 amide bonds. The van der Waals surface area contributed by atoms with Gasteiger partial charge in [-0.3, -0.25) is 14.5 Å². The highest BCUT2D eigenvalue weighted by atomic mass is 32.1. The summed E-state index contributed by atoms with van der Waals surface area (Å²) < 4.78 is 22.9. The van der Waals surface area contributed by atoms with Crippen LogP contribution in [0.25, 0.3) is 5.76 Å². The number of amides is 1. The molecule has 0 bridgehead atoms. The zero-order valence-electron chi connectivity index (χ0n) is 26.2. The lowest BCUT2D eigenvalue weighted by Gasteiger charge is -2.24. The number of anilines is 1. The van der Waals surface area contributed by atoms with Gasteiger partial charge in [-0.05, 0) is 75.6 Å². The Kier molecular flexibility index (Phi) is 9.77. The fourth-order valence-corrected chi connectivity index (χ4v) is 6.55. The van der Waals surface area contributed by atoms with E-state index in [0.29, 0.717) is 48.0 Å². The van der Waals surface area contributed by atoms with E-state index in [2.05, 4.69) is 11.9 Å². The van der Waals surface area contributed by atoms with Crippen LogP contribution in [0.3, 0.4) is 0 Å². The number of esters is 1. The normalized spacial score (nSPS) is 18.6. The number of aliphatic hydroxyl groups is 1. The third kappa shape index (κ3) is 6.40. The lowest BCUT2D eigenvalue weighted by Crippen LogP contribution is -2.29. The summed E-state index contributed by atoms with van der Waals surface area (Å²) in [5, 5.41) is 11.8. The third-order valence-corrected chi connectivity index (χ3v) is 8.79. The number of unbranched alkanes of at least 4 members (excludes halogenated alkanes) is 2. The number of carbonyl (C=O) groups excluding carboxylic acids is 3. The van der Waals surface area contributed by atoms with Crippen LogP contribution < -0.4 is 19.1 Å². The molecule has 0 spiro atoms. The molecule has 1 fully saturated rings. The van der Waals surface area contributed by atoms with E-state index in [9.17, 15) is 19.5 Å². The van der Waals surface area contributed by atoms with Crippen LogP contribution in [-0.2, 0) is 20.7 Å². The van der Waals surface area contributed by atoms with Gasteiger partial charge in [0.15, 0.2) is 16.6 Å². The molecule has 0 aliphatic carbocycles. The fraction of sp³-hybridized carbons (Fsp3) is 0.412. The number of fused-ring (bicyclic) bond motifs is 1. The van der Waals surface area contributed by atoms with Crippen molar-refractivity contribution in [3.05, 3.63) is 69.2 Å². The van der Waals surface area contributed by atoms with E-state index < -0.39 is 23.7 Å². The maximum Gasteiger partial charge on any atom is 0.350 e. The molecular formula is C34H38N2O8S. The lowest BCUT2D eigenvalue weighted by atomic mass is 9.94. The highest BCUT2D eigenvalue weighted by Gasteiger charge is 2.49. The van der Waals surface area contributed by atoms with Crippen molar-refractivity contribution in [1.29, 1.82) is 0 Å². The molecule has 2 aliphatic rings. The average Bonchev–Trinajstić information content (AvgIpc) is 3.67. The van der Waals surface area contributed by atoms with Crippen molar-refractivity contribution in [3.8, 4) is 17.2 Å². The molecule has 3 aromatic rings. The minimum Gasteiger partial charge on any atom is -0.507 e. The minimum atomic E-state index is -1.07. The molecule has 1 aromatic heterocycles. The first-order valence-electron chi connectivity index (χ1n) is 15.3. The number of Topliss-reactive ketones (excluding diaryl/α,β-unsaturated/α-hetero) is 1. The second-order valence-corrected chi connectivity index (χ2v) is 11.9. The first-order chi connectivity index (χ1) is 21.7. The number of nitrogens with zero attached hydrogens (tertiary/aromatic N) is 2. The van der Waals surface area contributed by atoms with Crippen LogP contribution >= 0.6 is 11.3 Å². The van der Waals surface area contributed by atoms with Crippen LogP contribution in [0.2, 0.25) is 0 Å². The van der Waals surface area contributed by atoms with Gasteiger partial charge in [0.05, 0.1) is 37.1 Å². The van der Waals surface area contributed by atoms with Crippen molar-refractivity contribution in [2.75, 3.05) is 24.7 Å². The van der Waals surface area contributed by atoms with Gasteiger partial charge in [-0.15, -0.1) is 0 Å². The van der Waals surface area contributed by atoms with Crippen LogP contribution in [0.1, 0.15) is 85.1 Å². The lowest BCUT2D eigenvalue weighted by molar-refractivity contribution is -0.132. The summed E-state index contributed by atoms with van der Waals surface area (Å²) in [5.74, 6) is -0.923. The first kappa shape index (κ1) is 32.0. The summed E-state index contributed by atoms with van der Waals surface area (Å²) in [5.41, 5.74) is 2.06. The van der Waals surface area contributed by atoms with E-state index in [-0.39, 0.29) is 34.1 Å². The molecule has 0 saturated carbocycles. The Hall–Kier alpha value is -4.38. The Balaban J connectivity index is 1.65. The summed E-state index contributed by atoms with van der Waals surface area (Å²) in [6.07, 6.45) is 3.63. The van der Waals surface area contributed by atoms with E-state index >= 15 is 0 Å². The molecular weight excluding hydrogens is 596 g/mol. The van der Waals surface area contributed by atoms with Crippen LogP contribution in [0.15, 0.2) is 42.0 Å². The number of rotatable bonds is 12. The molecule has 0 unspecified atom stereocenters. The van der Waals surface area contributed by atoms with Crippen LogP contribution in [0.4, 0.5) is 5.13 Å². The molecule has 1 saturated heterocycles. The molecule has 3 heterocycles. The van der Waals surface area contributed by atoms with Crippen LogP contribution in [0.5, 0.6) is 17.2 Å². The Bertz CT molecular complexity index is 1640. The van der Waals surface area contributed by atoms with Gasteiger partial charge >= 0.3 is 11.9 Å². The average molecular weight is 635 g/mol. The molecule has 2 atom stereocenters.